The zero-order valence-electron chi connectivity index (χ0n) is 11.3. The fourth-order valence-corrected chi connectivity index (χ4v) is 3.01. The van der Waals surface area contributed by atoms with Gasteiger partial charge in [-0.05, 0) is 35.9 Å². The van der Waals surface area contributed by atoms with Crippen LogP contribution in [0.3, 0.4) is 0 Å². The maximum atomic E-state index is 5.84. The Morgan fingerprint density at radius 3 is 2.63 bits per heavy atom. The van der Waals surface area contributed by atoms with Crippen LogP contribution in [0.4, 0.5) is 0 Å². The molecule has 19 heavy (non-hydrogen) atoms. The van der Waals surface area contributed by atoms with E-state index < -0.39 is 0 Å². The standard InChI is InChI=1S/C16H20ClNS/c1-14-6-2-3-7-15(14)12-18(10-5-9-17)13-16-8-4-11-19-16/h2-4,6-8,11H,5,9-10,12-13H2,1H3. The predicted octanol–water partition coefficient (Wildman–Crippen LogP) is 4.69. The Morgan fingerprint density at radius 1 is 1.11 bits per heavy atom. The molecule has 0 saturated heterocycles. The highest BCUT2D eigenvalue weighted by Crippen LogP contribution is 2.16. The Bertz CT molecular complexity index is 481. The van der Waals surface area contributed by atoms with Crippen molar-refractivity contribution < 1.29 is 0 Å². The van der Waals surface area contributed by atoms with Crippen LogP contribution in [0, 0.1) is 6.92 Å². The Labute approximate surface area is 124 Å². The molecule has 0 atom stereocenters. The van der Waals surface area contributed by atoms with E-state index in [0.717, 1.165) is 31.9 Å². The number of alkyl halides is 1. The Hall–Kier alpha value is -0.830. The van der Waals surface area contributed by atoms with Gasteiger partial charge in [0.1, 0.15) is 0 Å². The molecular formula is C16H20ClNS. The highest BCUT2D eigenvalue weighted by atomic mass is 35.5. The number of nitrogens with zero attached hydrogens (tertiary/aromatic N) is 1. The predicted molar refractivity (Wildman–Crippen MR) is 84.9 cm³/mol. The van der Waals surface area contributed by atoms with Gasteiger partial charge in [0.2, 0.25) is 0 Å². The molecule has 0 fully saturated rings. The van der Waals surface area contributed by atoms with Gasteiger partial charge in [-0.3, -0.25) is 4.90 Å². The molecule has 2 aromatic rings. The van der Waals surface area contributed by atoms with Gasteiger partial charge in [-0.15, -0.1) is 22.9 Å². The molecule has 0 unspecified atom stereocenters. The van der Waals surface area contributed by atoms with Crippen molar-refractivity contribution in [2.75, 3.05) is 12.4 Å². The van der Waals surface area contributed by atoms with Crippen LogP contribution >= 0.6 is 22.9 Å². The first-order valence-electron chi connectivity index (χ1n) is 6.65. The highest BCUT2D eigenvalue weighted by molar-refractivity contribution is 7.09. The number of halogens is 1. The van der Waals surface area contributed by atoms with Crippen molar-refractivity contribution in [3.05, 3.63) is 57.8 Å². The van der Waals surface area contributed by atoms with E-state index in [0.29, 0.717) is 0 Å². The lowest BCUT2D eigenvalue weighted by Crippen LogP contribution is -2.24. The zero-order valence-corrected chi connectivity index (χ0v) is 12.9. The van der Waals surface area contributed by atoms with Crippen molar-refractivity contribution in [1.82, 2.24) is 4.90 Å². The van der Waals surface area contributed by atoms with E-state index in [2.05, 4.69) is 53.6 Å². The lowest BCUT2D eigenvalue weighted by atomic mass is 10.1. The van der Waals surface area contributed by atoms with Crippen LogP contribution in [0.15, 0.2) is 41.8 Å². The van der Waals surface area contributed by atoms with E-state index in [4.69, 9.17) is 11.6 Å². The highest BCUT2D eigenvalue weighted by Gasteiger charge is 2.08. The fraction of sp³-hybridized carbons (Fsp3) is 0.375. The minimum atomic E-state index is 0.731. The molecule has 1 aromatic carbocycles. The average molecular weight is 294 g/mol. The first-order chi connectivity index (χ1) is 9.29. The summed E-state index contributed by atoms with van der Waals surface area (Å²) in [5.41, 5.74) is 2.78. The normalized spacial score (nSPS) is 11.1. The minimum absolute atomic E-state index is 0.731. The average Bonchev–Trinajstić information content (AvgIpc) is 2.91. The molecule has 0 radical (unpaired) electrons. The van der Waals surface area contributed by atoms with Crippen LogP contribution in [0.5, 0.6) is 0 Å². The fourth-order valence-electron chi connectivity index (χ4n) is 2.15. The van der Waals surface area contributed by atoms with Gasteiger partial charge in [-0.1, -0.05) is 30.3 Å². The third kappa shape index (κ3) is 4.64. The molecule has 0 aliphatic rings. The van der Waals surface area contributed by atoms with Crippen molar-refractivity contribution in [3.8, 4) is 0 Å². The summed E-state index contributed by atoms with van der Waals surface area (Å²) >= 11 is 7.66. The second-order valence-corrected chi connectivity index (χ2v) is 6.17. The van der Waals surface area contributed by atoms with E-state index in [1.807, 2.05) is 11.3 Å². The monoisotopic (exact) mass is 293 g/mol. The molecular weight excluding hydrogens is 274 g/mol. The van der Waals surface area contributed by atoms with Gasteiger partial charge in [0, 0.05) is 30.4 Å². The molecule has 0 amide bonds. The second-order valence-electron chi connectivity index (χ2n) is 4.76. The van der Waals surface area contributed by atoms with Crippen molar-refractivity contribution in [3.63, 3.8) is 0 Å². The smallest absolute Gasteiger partial charge is 0.0331 e. The summed E-state index contributed by atoms with van der Waals surface area (Å²) in [5.74, 6) is 0.731. The van der Waals surface area contributed by atoms with E-state index >= 15 is 0 Å². The zero-order chi connectivity index (χ0) is 13.5. The largest absolute Gasteiger partial charge is 0.294 e. The number of hydrogen-bond acceptors (Lipinski definition) is 2. The SMILES string of the molecule is Cc1ccccc1CN(CCCCl)Cc1cccs1. The first kappa shape index (κ1) is 14.6. The van der Waals surface area contributed by atoms with E-state index in [9.17, 15) is 0 Å². The van der Waals surface area contributed by atoms with Gasteiger partial charge in [-0.25, -0.2) is 0 Å². The third-order valence-corrected chi connectivity index (χ3v) is 4.35. The Kier molecular flexibility index (Phi) is 5.90. The van der Waals surface area contributed by atoms with Crippen molar-refractivity contribution in [1.29, 1.82) is 0 Å². The topological polar surface area (TPSA) is 3.24 Å². The molecule has 0 spiro atoms. The van der Waals surface area contributed by atoms with Gasteiger partial charge in [0.25, 0.3) is 0 Å². The maximum absolute atomic E-state index is 5.84. The number of hydrogen-bond donors (Lipinski definition) is 0. The summed E-state index contributed by atoms with van der Waals surface area (Å²) in [6.45, 7) is 5.25. The molecule has 2 rings (SSSR count). The van der Waals surface area contributed by atoms with Gasteiger partial charge >= 0.3 is 0 Å². The molecule has 1 nitrogen and oxygen atoms in total. The van der Waals surface area contributed by atoms with E-state index in [1.54, 1.807) is 0 Å². The van der Waals surface area contributed by atoms with Crippen LogP contribution in [0.1, 0.15) is 22.4 Å². The van der Waals surface area contributed by atoms with Crippen LogP contribution < -0.4 is 0 Å². The van der Waals surface area contributed by atoms with Gasteiger partial charge < -0.3 is 0 Å². The van der Waals surface area contributed by atoms with E-state index in [-0.39, 0.29) is 0 Å². The third-order valence-electron chi connectivity index (χ3n) is 3.22. The summed E-state index contributed by atoms with van der Waals surface area (Å²) in [6.07, 6.45) is 1.04. The molecule has 102 valence electrons. The molecule has 0 aliphatic carbocycles. The van der Waals surface area contributed by atoms with Crippen molar-refractivity contribution >= 4 is 22.9 Å². The summed E-state index contributed by atoms with van der Waals surface area (Å²) in [4.78, 5) is 3.90. The lowest BCUT2D eigenvalue weighted by Gasteiger charge is -2.22. The molecule has 0 N–H and O–H groups in total. The van der Waals surface area contributed by atoms with Crippen LogP contribution in [0.25, 0.3) is 0 Å². The van der Waals surface area contributed by atoms with Crippen LogP contribution in [-0.2, 0) is 13.1 Å². The number of benzene rings is 1. The van der Waals surface area contributed by atoms with Crippen molar-refractivity contribution in [2.45, 2.75) is 26.4 Å². The minimum Gasteiger partial charge on any atom is -0.294 e. The van der Waals surface area contributed by atoms with Crippen molar-refractivity contribution in [2.24, 2.45) is 0 Å². The lowest BCUT2D eigenvalue weighted by molar-refractivity contribution is 0.259. The summed E-state index contributed by atoms with van der Waals surface area (Å²) in [6, 6.07) is 12.9. The van der Waals surface area contributed by atoms with Gasteiger partial charge in [-0.2, -0.15) is 0 Å². The molecule has 0 aliphatic heterocycles. The molecule has 3 heteroatoms. The Balaban J connectivity index is 2.03. The Morgan fingerprint density at radius 2 is 1.95 bits per heavy atom. The number of rotatable bonds is 7. The second kappa shape index (κ2) is 7.68. The molecule has 1 aromatic heterocycles. The summed E-state index contributed by atoms with van der Waals surface area (Å²) < 4.78 is 0. The molecule has 1 heterocycles. The van der Waals surface area contributed by atoms with Gasteiger partial charge in [0.05, 0.1) is 0 Å². The first-order valence-corrected chi connectivity index (χ1v) is 8.06. The number of thiophene rings is 1. The molecule has 0 bridgehead atoms. The molecule has 0 saturated carbocycles. The maximum Gasteiger partial charge on any atom is 0.0331 e. The quantitative estimate of drug-likeness (QED) is 0.670. The van der Waals surface area contributed by atoms with E-state index in [1.165, 1.54) is 16.0 Å². The summed E-state index contributed by atoms with van der Waals surface area (Å²) in [7, 11) is 0. The van der Waals surface area contributed by atoms with Gasteiger partial charge in [0.15, 0.2) is 0 Å². The number of aryl methyl sites for hydroxylation is 1. The van der Waals surface area contributed by atoms with Crippen LogP contribution in [-0.4, -0.2) is 17.3 Å². The summed E-state index contributed by atoms with van der Waals surface area (Å²) in [5, 5.41) is 2.14. The van der Waals surface area contributed by atoms with Crippen LogP contribution in [0.2, 0.25) is 0 Å².